The van der Waals surface area contributed by atoms with Crippen molar-refractivity contribution in [2.45, 2.75) is 30.3 Å². The Balaban J connectivity index is 2.30. The van der Waals surface area contributed by atoms with E-state index < -0.39 is 39.9 Å². The molecule has 33 heavy (non-hydrogen) atoms. The number of carboxylic acids is 1. The molecule has 1 atom stereocenters. The first-order valence-electron chi connectivity index (χ1n) is 9.42. The second kappa shape index (κ2) is 8.85. The lowest BCUT2D eigenvalue weighted by molar-refractivity contribution is -0.138. The number of aromatic nitrogens is 2. The fourth-order valence-corrected chi connectivity index (χ4v) is 3.94. The van der Waals surface area contributed by atoms with Gasteiger partial charge in [-0.2, -0.15) is 13.2 Å². The number of ether oxygens (including phenoxy) is 1. The molecule has 1 heterocycles. The third kappa shape index (κ3) is 5.51. The number of methoxy groups -OCH3 is 1. The molecular weight excluding hydrogens is 465 g/mol. The molecule has 12 heteroatoms. The van der Waals surface area contributed by atoms with Crippen molar-refractivity contribution in [1.82, 2.24) is 10.2 Å². The summed E-state index contributed by atoms with van der Waals surface area (Å²) in [5, 5.41) is 16.8. The number of aliphatic carboxylic acids is 1. The Bertz CT molecular complexity index is 1300. The first kappa shape index (κ1) is 24.2. The van der Waals surface area contributed by atoms with Gasteiger partial charge in [-0.15, -0.1) is 10.2 Å². The molecule has 0 amide bonds. The summed E-state index contributed by atoms with van der Waals surface area (Å²) < 4.78 is 75.8. The van der Waals surface area contributed by atoms with Gasteiger partial charge in [-0.25, -0.2) is 8.42 Å². The molecule has 0 bridgehead atoms. The average molecular weight is 484 g/mol. The zero-order chi connectivity index (χ0) is 24.6. The summed E-state index contributed by atoms with van der Waals surface area (Å²) >= 11 is 0. The van der Waals surface area contributed by atoms with E-state index in [4.69, 9.17) is 9.15 Å². The number of hydrogen-bond acceptors (Lipinski definition) is 7. The Morgan fingerprint density at radius 3 is 2.39 bits per heavy atom. The highest BCUT2D eigenvalue weighted by atomic mass is 32.2. The molecule has 0 saturated carbocycles. The normalized spacial score (nSPS) is 13.0. The lowest BCUT2D eigenvalue weighted by Crippen LogP contribution is -2.12. The molecule has 8 nitrogen and oxygen atoms in total. The monoisotopic (exact) mass is 484 g/mol. The SMILES string of the molecule is COc1ccc(S(C)(=O)=O)cc1-c1cc(C(CC(=O)O)c2nnc(C)o2)cc(C(F)(F)F)c1. The number of alkyl halides is 3. The largest absolute Gasteiger partial charge is 0.496 e. The van der Waals surface area contributed by atoms with Crippen LogP contribution in [0.4, 0.5) is 13.2 Å². The first-order chi connectivity index (χ1) is 15.3. The summed E-state index contributed by atoms with van der Waals surface area (Å²) in [7, 11) is -2.37. The van der Waals surface area contributed by atoms with Crippen molar-refractivity contribution in [3.05, 3.63) is 59.3 Å². The molecule has 3 rings (SSSR count). The highest BCUT2D eigenvalue weighted by molar-refractivity contribution is 7.90. The second-order valence-electron chi connectivity index (χ2n) is 7.29. The Kier molecular flexibility index (Phi) is 6.50. The number of carboxylic acid groups (broad SMARTS) is 1. The molecule has 1 aromatic heterocycles. The van der Waals surface area contributed by atoms with Crippen LogP contribution in [0.1, 0.15) is 35.2 Å². The van der Waals surface area contributed by atoms with E-state index in [0.29, 0.717) is 0 Å². The van der Waals surface area contributed by atoms with Gasteiger partial charge >= 0.3 is 12.1 Å². The predicted octanol–water partition coefficient (Wildman–Crippen LogP) is 4.08. The van der Waals surface area contributed by atoms with Crippen LogP contribution in [-0.2, 0) is 20.8 Å². The molecule has 0 saturated heterocycles. The molecule has 1 N–H and O–H groups in total. The van der Waals surface area contributed by atoms with Crippen molar-refractivity contribution in [2.24, 2.45) is 0 Å². The molecule has 0 radical (unpaired) electrons. The van der Waals surface area contributed by atoms with E-state index in [1.807, 2.05) is 0 Å². The fraction of sp³-hybridized carbons (Fsp3) is 0.286. The summed E-state index contributed by atoms with van der Waals surface area (Å²) in [6.45, 7) is 1.47. The topological polar surface area (TPSA) is 120 Å². The maximum Gasteiger partial charge on any atom is 0.416 e. The Labute approximate surface area is 186 Å². The van der Waals surface area contributed by atoms with Gasteiger partial charge in [-0.05, 0) is 41.5 Å². The van der Waals surface area contributed by atoms with Crippen LogP contribution in [0.2, 0.25) is 0 Å². The minimum absolute atomic E-state index is 0.0196. The molecule has 0 aliphatic carbocycles. The van der Waals surface area contributed by atoms with Crippen LogP contribution >= 0.6 is 0 Å². The van der Waals surface area contributed by atoms with E-state index in [1.165, 1.54) is 38.3 Å². The maximum atomic E-state index is 13.8. The van der Waals surface area contributed by atoms with E-state index in [9.17, 15) is 31.5 Å². The van der Waals surface area contributed by atoms with Crippen molar-refractivity contribution in [3.63, 3.8) is 0 Å². The number of sulfone groups is 1. The van der Waals surface area contributed by atoms with Crippen molar-refractivity contribution < 1.29 is 40.6 Å². The van der Waals surface area contributed by atoms with E-state index >= 15 is 0 Å². The van der Waals surface area contributed by atoms with Crippen molar-refractivity contribution in [3.8, 4) is 16.9 Å². The van der Waals surface area contributed by atoms with Gasteiger partial charge in [-0.3, -0.25) is 4.79 Å². The molecular formula is C21H19F3N2O6S. The van der Waals surface area contributed by atoms with E-state index in [0.717, 1.165) is 18.4 Å². The molecule has 0 spiro atoms. The van der Waals surface area contributed by atoms with Crippen LogP contribution in [-0.4, -0.2) is 43.1 Å². The summed E-state index contributed by atoms with van der Waals surface area (Å²) in [6.07, 6.45) is -4.41. The zero-order valence-electron chi connectivity index (χ0n) is 17.7. The van der Waals surface area contributed by atoms with Crippen LogP contribution in [0.5, 0.6) is 5.75 Å². The van der Waals surface area contributed by atoms with E-state index in [1.54, 1.807) is 0 Å². The third-order valence-corrected chi connectivity index (χ3v) is 5.92. The van der Waals surface area contributed by atoms with Gasteiger partial charge < -0.3 is 14.3 Å². The van der Waals surface area contributed by atoms with Crippen molar-refractivity contribution in [2.75, 3.05) is 13.4 Å². The van der Waals surface area contributed by atoms with E-state index in [-0.39, 0.29) is 39.1 Å². The average Bonchev–Trinajstić information content (AvgIpc) is 3.15. The molecule has 3 aromatic rings. The number of rotatable bonds is 7. The van der Waals surface area contributed by atoms with Gasteiger partial charge in [0.25, 0.3) is 0 Å². The van der Waals surface area contributed by atoms with Gasteiger partial charge in [0.1, 0.15) is 5.75 Å². The van der Waals surface area contributed by atoms with Crippen molar-refractivity contribution >= 4 is 15.8 Å². The highest BCUT2D eigenvalue weighted by Gasteiger charge is 2.34. The summed E-state index contributed by atoms with van der Waals surface area (Å²) in [4.78, 5) is 11.3. The van der Waals surface area contributed by atoms with Gasteiger partial charge in [-0.1, -0.05) is 6.07 Å². The lowest BCUT2D eigenvalue weighted by atomic mass is 9.90. The van der Waals surface area contributed by atoms with E-state index in [2.05, 4.69) is 10.2 Å². The van der Waals surface area contributed by atoms with Crippen molar-refractivity contribution in [1.29, 1.82) is 0 Å². The van der Waals surface area contributed by atoms with Gasteiger partial charge in [0.05, 0.1) is 29.9 Å². The number of aryl methyl sites for hydroxylation is 1. The van der Waals surface area contributed by atoms with Crippen LogP contribution in [0.25, 0.3) is 11.1 Å². The Morgan fingerprint density at radius 2 is 1.88 bits per heavy atom. The number of halogens is 3. The van der Waals surface area contributed by atoms with Crippen LogP contribution in [0.3, 0.4) is 0 Å². The molecule has 176 valence electrons. The number of carbonyl (C=O) groups is 1. The standard InChI is InChI=1S/C21H19F3N2O6S/c1-11-25-26-20(32-11)17(10-19(27)28)13-6-12(7-14(8-13)21(22,23)24)16-9-15(33(3,29)30)4-5-18(16)31-2/h4-9,17H,10H2,1-3H3,(H,27,28). The number of nitrogens with zero attached hydrogens (tertiary/aromatic N) is 2. The van der Waals surface area contributed by atoms with Crippen LogP contribution in [0.15, 0.2) is 45.7 Å². The summed E-state index contributed by atoms with van der Waals surface area (Å²) in [6, 6.07) is 6.79. The van der Waals surface area contributed by atoms with Gasteiger partial charge in [0.2, 0.25) is 11.8 Å². The zero-order valence-corrected chi connectivity index (χ0v) is 18.5. The lowest BCUT2D eigenvalue weighted by Gasteiger charge is -2.18. The van der Waals surface area contributed by atoms with Crippen LogP contribution in [0, 0.1) is 6.92 Å². The quantitative estimate of drug-likeness (QED) is 0.533. The fourth-order valence-electron chi connectivity index (χ4n) is 3.29. The second-order valence-corrected chi connectivity index (χ2v) is 9.30. The molecule has 0 aliphatic rings. The number of hydrogen-bond donors (Lipinski definition) is 1. The summed E-state index contributed by atoms with van der Waals surface area (Å²) in [5.41, 5.74) is -1.04. The smallest absolute Gasteiger partial charge is 0.416 e. The molecule has 1 unspecified atom stereocenters. The molecule has 0 fully saturated rings. The Morgan fingerprint density at radius 1 is 1.18 bits per heavy atom. The van der Waals surface area contributed by atoms with Crippen LogP contribution < -0.4 is 4.74 Å². The van der Waals surface area contributed by atoms with Gasteiger partial charge in [0.15, 0.2) is 9.84 Å². The Hall–Kier alpha value is -3.41. The maximum absolute atomic E-state index is 13.8. The molecule has 2 aromatic carbocycles. The minimum Gasteiger partial charge on any atom is -0.496 e. The molecule has 0 aliphatic heterocycles. The minimum atomic E-state index is -4.77. The number of benzene rings is 2. The van der Waals surface area contributed by atoms with Gasteiger partial charge in [0, 0.05) is 18.7 Å². The first-order valence-corrected chi connectivity index (χ1v) is 11.3. The highest BCUT2D eigenvalue weighted by Crippen LogP contribution is 2.40. The predicted molar refractivity (Wildman–Crippen MR) is 110 cm³/mol. The summed E-state index contributed by atoms with van der Waals surface area (Å²) in [5.74, 6) is -2.36. The third-order valence-electron chi connectivity index (χ3n) is 4.81.